The number of phenolic OH excluding ortho intramolecular Hbond substituents is 1. The molecule has 1 heterocycles. The highest BCUT2D eigenvalue weighted by Gasteiger charge is 2.35. The van der Waals surface area contributed by atoms with Crippen molar-refractivity contribution in [1.82, 2.24) is 4.90 Å². The number of nitro benzene ring substituents is 1. The number of aryl methyl sites for hydroxylation is 1. The molecule has 3 aromatic rings. The number of nitrogens with zero attached hydrogens (tertiary/aromatic N) is 2. The van der Waals surface area contributed by atoms with Crippen LogP contribution in [0.5, 0.6) is 11.5 Å². The third-order valence-corrected chi connectivity index (χ3v) is 6.30. The maximum absolute atomic E-state index is 12.9. The van der Waals surface area contributed by atoms with Crippen LogP contribution in [0, 0.1) is 17.0 Å². The second-order valence-corrected chi connectivity index (χ2v) is 8.96. The highest BCUT2D eigenvalue weighted by atomic mass is 32.2. The third-order valence-electron chi connectivity index (χ3n) is 5.39. The number of carbonyl (C=O) groups is 2. The van der Waals surface area contributed by atoms with E-state index in [2.05, 4.69) is 0 Å². The molecule has 1 aliphatic rings. The van der Waals surface area contributed by atoms with Crippen molar-refractivity contribution in [2.75, 3.05) is 13.2 Å². The van der Waals surface area contributed by atoms with Gasteiger partial charge in [0, 0.05) is 11.6 Å². The van der Waals surface area contributed by atoms with Gasteiger partial charge in [-0.25, -0.2) is 0 Å². The molecule has 0 saturated carbocycles. The number of benzene rings is 3. The van der Waals surface area contributed by atoms with Gasteiger partial charge in [-0.3, -0.25) is 24.6 Å². The van der Waals surface area contributed by atoms with E-state index in [-0.39, 0.29) is 23.6 Å². The standard InChI is InChI=1S/C26H22N2O6S/c1-17-7-9-21(10-8-17)34-12-11-27-25(30)23(35-26(27)31)16-20-14-19(13-18-5-3-2-4-6-18)15-22(24(20)29)28(32)33/h2-10,14-16,29H,11-13H2,1H3/b23-16-. The molecule has 9 heteroatoms. The summed E-state index contributed by atoms with van der Waals surface area (Å²) in [7, 11) is 0. The first-order valence-corrected chi connectivity index (χ1v) is 11.6. The van der Waals surface area contributed by atoms with Gasteiger partial charge in [0.1, 0.15) is 12.4 Å². The number of amides is 2. The van der Waals surface area contributed by atoms with Gasteiger partial charge in [0.15, 0.2) is 0 Å². The van der Waals surface area contributed by atoms with E-state index in [1.165, 1.54) is 12.1 Å². The first kappa shape index (κ1) is 24.0. The van der Waals surface area contributed by atoms with E-state index in [0.29, 0.717) is 17.7 Å². The van der Waals surface area contributed by atoms with Crippen LogP contribution in [0.1, 0.15) is 22.3 Å². The Morgan fingerprint density at radius 1 is 1.06 bits per heavy atom. The highest BCUT2D eigenvalue weighted by molar-refractivity contribution is 8.18. The van der Waals surface area contributed by atoms with Crippen molar-refractivity contribution in [2.45, 2.75) is 13.3 Å². The molecule has 0 aliphatic carbocycles. The Balaban J connectivity index is 1.53. The normalized spacial score (nSPS) is 14.5. The van der Waals surface area contributed by atoms with Crippen molar-refractivity contribution in [3.8, 4) is 11.5 Å². The number of phenols is 1. The van der Waals surface area contributed by atoms with Gasteiger partial charge in [0.05, 0.1) is 16.4 Å². The fourth-order valence-electron chi connectivity index (χ4n) is 3.61. The van der Waals surface area contributed by atoms with E-state index in [1.807, 2.05) is 49.4 Å². The molecular formula is C26H22N2O6S. The summed E-state index contributed by atoms with van der Waals surface area (Å²) in [6.07, 6.45) is 1.73. The maximum Gasteiger partial charge on any atom is 0.311 e. The van der Waals surface area contributed by atoms with E-state index >= 15 is 0 Å². The van der Waals surface area contributed by atoms with E-state index in [1.54, 1.807) is 18.2 Å². The minimum Gasteiger partial charge on any atom is -0.502 e. The molecule has 1 saturated heterocycles. The van der Waals surface area contributed by atoms with Crippen molar-refractivity contribution in [2.24, 2.45) is 0 Å². The fraction of sp³-hybridized carbons (Fsp3) is 0.154. The number of aromatic hydroxyl groups is 1. The summed E-state index contributed by atoms with van der Waals surface area (Å²) in [5.74, 6) is -0.463. The van der Waals surface area contributed by atoms with Gasteiger partial charge in [-0.15, -0.1) is 0 Å². The Hall–Kier alpha value is -4.11. The minimum atomic E-state index is -0.671. The monoisotopic (exact) mass is 490 g/mol. The van der Waals surface area contributed by atoms with E-state index in [0.717, 1.165) is 27.8 Å². The summed E-state index contributed by atoms with van der Waals surface area (Å²) in [6.45, 7) is 2.13. The fourth-order valence-corrected chi connectivity index (χ4v) is 4.46. The average molecular weight is 491 g/mol. The molecule has 0 bridgehead atoms. The molecule has 0 spiro atoms. The van der Waals surface area contributed by atoms with Crippen LogP contribution in [0.25, 0.3) is 6.08 Å². The second kappa shape index (κ2) is 10.4. The molecule has 1 aliphatic heterocycles. The van der Waals surface area contributed by atoms with Gasteiger partial charge in [0.2, 0.25) is 5.75 Å². The van der Waals surface area contributed by atoms with Crippen LogP contribution >= 0.6 is 11.8 Å². The van der Waals surface area contributed by atoms with E-state index in [9.17, 15) is 24.8 Å². The lowest BCUT2D eigenvalue weighted by Crippen LogP contribution is -2.32. The lowest BCUT2D eigenvalue weighted by Gasteiger charge is -2.13. The van der Waals surface area contributed by atoms with Crippen molar-refractivity contribution in [3.05, 3.63) is 104 Å². The molecule has 178 valence electrons. The largest absolute Gasteiger partial charge is 0.502 e. The Bertz CT molecular complexity index is 1310. The van der Waals surface area contributed by atoms with Crippen LogP contribution in [0.3, 0.4) is 0 Å². The molecule has 8 nitrogen and oxygen atoms in total. The number of hydrogen-bond donors (Lipinski definition) is 1. The molecule has 0 unspecified atom stereocenters. The average Bonchev–Trinajstić information content (AvgIpc) is 3.10. The van der Waals surface area contributed by atoms with Crippen LogP contribution in [-0.2, 0) is 11.2 Å². The first-order valence-electron chi connectivity index (χ1n) is 10.8. The number of rotatable bonds is 8. The number of thioether (sulfide) groups is 1. The summed E-state index contributed by atoms with van der Waals surface area (Å²) in [4.78, 5) is 37.3. The molecule has 0 atom stereocenters. The molecule has 0 aromatic heterocycles. The molecule has 2 amide bonds. The molecular weight excluding hydrogens is 468 g/mol. The van der Waals surface area contributed by atoms with Crippen LogP contribution in [0.2, 0.25) is 0 Å². The number of hydrogen-bond acceptors (Lipinski definition) is 7. The Labute approximate surface area is 206 Å². The van der Waals surface area contributed by atoms with Crippen LogP contribution in [-0.4, -0.2) is 39.2 Å². The summed E-state index contributed by atoms with van der Waals surface area (Å²) in [6, 6.07) is 19.7. The Kier molecular flexibility index (Phi) is 7.17. The predicted octanol–water partition coefficient (Wildman–Crippen LogP) is 5.31. The number of nitro groups is 1. The van der Waals surface area contributed by atoms with Crippen LogP contribution in [0.4, 0.5) is 10.5 Å². The second-order valence-electron chi connectivity index (χ2n) is 7.97. The van der Waals surface area contributed by atoms with Gasteiger partial charge in [-0.2, -0.15) is 0 Å². The lowest BCUT2D eigenvalue weighted by molar-refractivity contribution is -0.385. The molecule has 1 N–H and O–H groups in total. The number of imide groups is 1. The molecule has 35 heavy (non-hydrogen) atoms. The zero-order valence-corrected chi connectivity index (χ0v) is 19.7. The molecule has 0 radical (unpaired) electrons. The molecule has 4 rings (SSSR count). The molecule has 1 fully saturated rings. The van der Waals surface area contributed by atoms with Gasteiger partial charge in [-0.05, 0) is 60.5 Å². The summed E-state index contributed by atoms with van der Waals surface area (Å²) in [5.41, 5.74) is 2.26. The minimum absolute atomic E-state index is 0.0516. The predicted molar refractivity (Wildman–Crippen MR) is 133 cm³/mol. The van der Waals surface area contributed by atoms with Crippen molar-refractivity contribution in [1.29, 1.82) is 0 Å². The van der Waals surface area contributed by atoms with Gasteiger partial charge < -0.3 is 9.84 Å². The van der Waals surface area contributed by atoms with Crippen LogP contribution in [0.15, 0.2) is 71.6 Å². The summed E-state index contributed by atoms with van der Waals surface area (Å²) in [5, 5.41) is 21.5. The highest BCUT2D eigenvalue weighted by Crippen LogP contribution is 2.37. The topological polar surface area (TPSA) is 110 Å². The van der Waals surface area contributed by atoms with Crippen LogP contribution < -0.4 is 4.74 Å². The zero-order valence-electron chi connectivity index (χ0n) is 18.8. The first-order chi connectivity index (χ1) is 16.8. The zero-order chi connectivity index (χ0) is 24.9. The lowest BCUT2D eigenvalue weighted by atomic mass is 10.0. The number of ether oxygens (including phenoxy) is 1. The smallest absolute Gasteiger partial charge is 0.311 e. The van der Waals surface area contributed by atoms with Gasteiger partial charge in [-0.1, -0.05) is 48.0 Å². The number of carbonyl (C=O) groups excluding carboxylic acids is 2. The molecule has 3 aromatic carbocycles. The SMILES string of the molecule is Cc1ccc(OCCN2C(=O)S/C(=C\c3cc(Cc4ccccc4)cc([N+](=O)[O-])c3O)C2=O)cc1. The van der Waals surface area contributed by atoms with E-state index in [4.69, 9.17) is 4.74 Å². The Morgan fingerprint density at radius 2 is 1.77 bits per heavy atom. The van der Waals surface area contributed by atoms with Gasteiger partial charge >= 0.3 is 5.69 Å². The quantitative estimate of drug-likeness (QED) is 0.259. The summed E-state index contributed by atoms with van der Waals surface area (Å²) >= 11 is 0.720. The Morgan fingerprint density at radius 3 is 2.46 bits per heavy atom. The maximum atomic E-state index is 12.9. The summed E-state index contributed by atoms with van der Waals surface area (Å²) < 4.78 is 5.62. The third kappa shape index (κ3) is 5.70. The van der Waals surface area contributed by atoms with E-state index < -0.39 is 27.5 Å². The van der Waals surface area contributed by atoms with Gasteiger partial charge in [0.25, 0.3) is 11.1 Å². The van der Waals surface area contributed by atoms with Crippen molar-refractivity contribution in [3.63, 3.8) is 0 Å². The van der Waals surface area contributed by atoms with Crippen molar-refractivity contribution < 1.29 is 24.4 Å². The van der Waals surface area contributed by atoms with Crippen molar-refractivity contribution >= 4 is 34.7 Å².